The molecule has 2 N–H and O–H groups in total. The Balaban J connectivity index is 1.40. The van der Waals surface area contributed by atoms with Crippen LogP contribution in [0.1, 0.15) is 21.9 Å². The summed E-state index contributed by atoms with van der Waals surface area (Å²) in [6.45, 7) is 0.274. The highest BCUT2D eigenvalue weighted by Crippen LogP contribution is 2.15. The summed E-state index contributed by atoms with van der Waals surface area (Å²) in [4.78, 5) is 29.4. The summed E-state index contributed by atoms with van der Waals surface area (Å²) in [6, 6.07) is 18.8. The first-order chi connectivity index (χ1) is 14.5. The average Bonchev–Trinajstić information content (AvgIpc) is 3.27. The van der Waals surface area contributed by atoms with E-state index in [9.17, 15) is 9.59 Å². The maximum Gasteiger partial charge on any atom is 0.272 e. The molecule has 0 saturated heterocycles. The van der Waals surface area contributed by atoms with Gasteiger partial charge in [-0.3, -0.25) is 14.3 Å². The largest absolute Gasteiger partial charge is 0.343 e. The van der Waals surface area contributed by atoms with Crippen molar-refractivity contribution in [1.29, 1.82) is 0 Å². The minimum absolute atomic E-state index is 0.171. The zero-order chi connectivity index (χ0) is 21.1. The van der Waals surface area contributed by atoms with Crippen LogP contribution in [0.15, 0.2) is 60.7 Å². The lowest BCUT2D eigenvalue weighted by Crippen LogP contribution is -2.25. The van der Waals surface area contributed by atoms with Gasteiger partial charge in [0.1, 0.15) is 11.6 Å². The summed E-state index contributed by atoms with van der Waals surface area (Å²) in [5.41, 5.74) is 3.03. The summed E-state index contributed by atoms with van der Waals surface area (Å²) in [7, 11) is 3.60. The van der Waals surface area contributed by atoms with Gasteiger partial charge in [-0.25, -0.2) is 4.98 Å². The lowest BCUT2D eigenvalue weighted by molar-refractivity contribution is -0.115. The second-order valence-electron chi connectivity index (χ2n) is 7.01. The Hall–Kier alpha value is -3.94. The molecule has 2 aromatic carbocycles. The van der Waals surface area contributed by atoms with Crippen LogP contribution in [0.3, 0.4) is 0 Å². The number of hydrogen-bond acceptors (Lipinski definition) is 4. The number of aryl methyl sites for hydroxylation is 2. The van der Waals surface area contributed by atoms with E-state index >= 15 is 0 Å². The van der Waals surface area contributed by atoms with Crippen molar-refractivity contribution in [3.05, 3.63) is 77.7 Å². The highest BCUT2D eigenvalue weighted by molar-refractivity contribution is 5.96. The first kappa shape index (κ1) is 19.4. The van der Waals surface area contributed by atoms with E-state index in [1.165, 1.54) is 4.68 Å². The molecule has 0 aliphatic heterocycles. The van der Waals surface area contributed by atoms with Crippen molar-refractivity contribution in [2.24, 2.45) is 14.1 Å². The number of carbonyl (C=O) groups is 2. The van der Waals surface area contributed by atoms with Gasteiger partial charge in [-0.15, -0.1) is 0 Å². The van der Waals surface area contributed by atoms with Crippen LogP contribution in [0.5, 0.6) is 0 Å². The number of imidazole rings is 1. The number of fused-ring (bicyclic) bond motifs is 1. The van der Waals surface area contributed by atoms with E-state index in [2.05, 4.69) is 20.7 Å². The summed E-state index contributed by atoms with van der Waals surface area (Å²) < 4.78 is 3.43. The standard InChI is InChI=1S/C22H22N6O2/c1-27-18-11-7-6-10-16(18)24-20(27)14-23-22(30)17-13-19(28(2)26-17)25-21(29)12-15-8-4-3-5-9-15/h3-11,13H,12,14H2,1-2H3,(H,23,30)(H,25,29). The van der Waals surface area contributed by atoms with E-state index < -0.39 is 0 Å². The van der Waals surface area contributed by atoms with Crippen molar-refractivity contribution in [3.63, 3.8) is 0 Å². The molecule has 0 radical (unpaired) electrons. The van der Waals surface area contributed by atoms with Crippen molar-refractivity contribution in [1.82, 2.24) is 24.6 Å². The van der Waals surface area contributed by atoms with Crippen molar-refractivity contribution in [2.75, 3.05) is 5.32 Å². The van der Waals surface area contributed by atoms with Crippen molar-refractivity contribution in [3.8, 4) is 0 Å². The normalized spacial score (nSPS) is 10.9. The molecule has 30 heavy (non-hydrogen) atoms. The fourth-order valence-corrected chi connectivity index (χ4v) is 3.27. The van der Waals surface area contributed by atoms with Crippen molar-refractivity contribution >= 4 is 28.7 Å². The number of hydrogen-bond donors (Lipinski definition) is 2. The van der Waals surface area contributed by atoms with E-state index in [1.54, 1.807) is 13.1 Å². The molecule has 2 amide bonds. The minimum Gasteiger partial charge on any atom is -0.343 e. The molecule has 0 saturated carbocycles. The molecule has 2 heterocycles. The predicted octanol–water partition coefficient (Wildman–Crippen LogP) is 2.42. The number of nitrogens with zero attached hydrogens (tertiary/aromatic N) is 4. The Morgan fingerprint density at radius 2 is 1.73 bits per heavy atom. The quantitative estimate of drug-likeness (QED) is 0.518. The van der Waals surface area contributed by atoms with Crippen molar-refractivity contribution in [2.45, 2.75) is 13.0 Å². The molecule has 152 valence electrons. The summed E-state index contributed by atoms with van der Waals surface area (Å²) in [6.07, 6.45) is 0.250. The van der Waals surface area contributed by atoms with Crippen LogP contribution in [0, 0.1) is 0 Å². The number of carbonyl (C=O) groups excluding carboxylic acids is 2. The average molecular weight is 402 g/mol. The van der Waals surface area contributed by atoms with Gasteiger partial charge in [-0.1, -0.05) is 42.5 Å². The minimum atomic E-state index is -0.332. The number of anilines is 1. The van der Waals surface area contributed by atoms with E-state index in [-0.39, 0.29) is 30.5 Å². The van der Waals surface area contributed by atoms with E-state index in [1.807, 2.05) is 66.2 Å². The molecular weight excluding hydrogens is 380 g/mol. The number of amides is 2. The van der Waals surface area contributed by atoms with Gasteiger partial charge >= 0.3 is 0 Å². The molecule has 2 aromatic heterocycles. The van der Waals surface area contributed by atoms with Gasteiger partial charge in [0.05, 0.1) is 24.0 Å². The molecule has 0 aliphatic rings. The van der Waals surface area contributed by atoms with Gasteiger partial charge < -0.3 is 15.2 Å². The Morgan fingerprint density at radius 3 is 2.50 bits per heavy atom. The number of para-hydroxylation sites is 2. The van der Waals surface area contributed by atoms with Gasteiger partial charge in [-0.2, -0.15) is 5.10 Å². The third-order valence-corrected chi connectivity index (χ3v) is 4.87. The molecule has 0 atom stereocenters. The lowest BCUT2D eigenvalue weighted by atomic mass is 10.1. The van der Waals surface area contributed by atoms with Gasteiger partial charge in [0.25, 0.3) is 5.91 Å². The Kier molecular flexibility index (Phi) is 5.30. The predicted molar refractivity (Wildman–Crippen MR) is 114 cm³/mol. The molecule has 8 nitrogen and oxygen atoms in total. The maximum atomic E-state index is 12.6. The molecule has 4 rings (SSSR count). The third-order valence-electron chi connectivity index (χ3n) is 4.87. The Morgan fingerprint density at radius 1 is 1.00 bits per heavy atom. The van der Waals surface area contributed by atoms with Crippen molar-refractivity contribution < 1.29 is 9.59 Å². The zero-order valence-electron chi connectivity index (χ0n) is 16.8. The summed E-state index contributed by atoms with van der Waals surface area (Å²) in [5.74, 6) is 0.706. The van der Waals surface area contributed by atoms with Crippen LogP contribution < -0.4 is 10.6 Å². The molecule has 0 spiro atoms. The van der Waals surface area contributed by atoms with Gasteiger partial charge in [0, 0.05) is 20.2 Å². The van der Waals surface area contributed by atoms with Crippen LogP contribution in [0.4, 0.5) is 5.82 Å². The van der Waals surface area contributed by atoms with E-state index in [0.29, 0.717) is 5.82 Å². The van der Waals surface area contributed by atoms with Crippen LogP contribution in [-0.4, -0.2) is 31.1 Å². The van der Waals surface area contributed by atoms with E-state index in [0.717, 1.165) is 22.4 Å². The van der Waals surface area contributed by atoms with Crippen LogP contribution >= 0.6 is 0 Å². The first-order valence-corrected chi connectivity index (χ1v) is 9.57. The monoisotopic (exact) mass is 402 g/mol. The number of rotatable bonds is 6. The number of nitrogens with one attached hydrogen (secondary N) is 2. The number of benzene rings is 2. The fraction of sp³-hybridized carbons (Fsp3) is 0.182. The Labute approximate surface area is 173 Å². The van der Waals surface area contributed by atoms with Crippen LogP contribution in [0.2, 0.25) is 0 Å². The summed E-state index contributed by atoms with van der Waals surface area (Å²) in [5, 5.41) is 9.85. The third kappa shape index (κ3) is 4.07. The Bertz CT molecular complexity index is 1210. The molecule has 0 aliphatic carbocycles. The van der Waals surface area contributed by atoms with Crippen LogP contribution in [0.25, 0.3) is 11.0 Å². The first-order valence-electron chi connectivity index (χ1n) is 9.57. The molecule has 0 bridgehead atoms. The van der Waals surface area contributed by atoms with Gasteiger partial charge in [0.2, 0.25) is 5.91 Å². The molecule has 0 unspecified atom stereocenters. The topological polar surface area (TPSA) is 93.8 Å². The molecule has 8 heteroatoms. The fourth-order valence-electron chi connectivity index (χ4n) is 3.27. The SMILES string of the molecule is Cn1nc(C(=O)NCc2nc3ccccc3n2C)cc1NC(=O)Cc1ccccc1. The van der Waals surface area contributed by atoms with Gasteiger partial charge in [0.15, 0.2) is 5.69 Å². The zero-order valence-corrected chi connectivity index (χ0v) is 16.8. The lowest BCUT2D eigenvalue weighted by Gasteiger charge is -2.04. The molecular formula is C22H22N6O2. The summed E-state index contributed by atoms with van der Waals surface area (Å²) >= 11 is 0. The number of aromatic nitrogens is 4. The second-order valence-corrected chi connectivity index (χ2v) is 7.01. The molecule has 4 aromatic rings. The highest BCUT2D eigenvalue weighted by Gasteiger charge is 2.16. The molecule has 0 fully saturated rings. The van der Waals surface area contributed by atoms with Gasteiger partial charge in [-0.05, 0) is 17.7 Å². The maximum absolute atomic E-state index is 12.6. The smallest absolute Gasteiger partial charge is 0.272 e. The highest BCUT2D eigenvalue weighted by atomic mass is 16.2. The van der Waals surface area contributed by atoms with Crippen LogP contribution in [-0.2, 0) is 31.9 Å². The van der Waals surface area contributed by atoms with E-state index in [4.69, 9.17) is 0 Å². The second kappa shape index (κ2) is 8.20.